The highest BCUT2D eigenvalue weighted by Crippen LogP contribution is 2.20. The van der Waals surface area contributed by atoms with Gasteiger partial charge in [0.1, 0.15) is 11.7 Å². The highest BCUT2D eigenvalue weighted by Gasteiger charge is 2.33. The van der Waals surface area contributed by atoms with Crippen molar-refractivity contribution in [2.75, 3.05) is 0 Å². The van der Waals surface area contributed by atoms with Crippen molar-refractivity contribution >= 4 is 22.9 Å². The monoisotopic (exact) mass is 287 g/mol. The number of para-hydroxylation sites is 2. The highest BCUT2D eigenvalue weighted by molar-refractivity contribution is 5.96. The summed E-state index contributed by atoms with van der Waals surface area (Å²) in [6.07, 6.45) is 1.35. The van der Waals surface area contributed by atoms with Crippen LogP contribution in [0.4, 0.5) is 0 Å². The molecule has 0 radical (unpaired) electrons. The second-order valence-corrected chi connectivity index (χ2v) is 5.85. The molecule has 1 amide bonds. The molecule has 1 aromatic carbocycles. The molecular weight excluding hydrogens is 270 g/mol. The minimum Gasteiger partial charge on any atom is -0.480 e. The SMILES string of the molecule is CC(C)(C)[C@@H](NC(=O)c1cnc2ccccc2n1)C(=O)O. The highest BCUT2D eigenvalue weighted by atomic mass is 16.4. The van der Waals surface area contributed by atoms with E-state index in [1.807, 2.05) is 6.07 Å². The van der Waals surface area contributed by atoms with Gasteiger partial charge in [-0.05, 0) is 17.5 Å². The summed E-state index contributed by atoms with van der Waals surface area (Å²) in [7, 11) is 0. The van der Waals surface area contributed by atoms with E-state index in [-0.39, 0.29) is 5.69 Å². The number of aromatic nitrogens is 2. The summed E-state index contributed by atoms with van der Waals surface area (Å²) >= 11 is 0. The fraction of sp³-hybridized carbons (Fsp3) is 0.333. The molecule has 2 aromatic rings. The first kappa shape index (κ1) is 14.9. The lowest BCUT2D eigenvalue weighted by Gasteiger charge is -2.27. The van der Waals surface area contributed by atoms with Gasteiger partial charge in [-0.3, -0.25) is 9.78 Å². The Morgan fingerprint density at radius 2 is 1.81 bits per heavy atom. The lowest BCUT2D eigenvalue weighted by atomic mass is 9.86. The summed E-state index contributed by atoms with van der Waals surface area (Å²) in [5, 5.41) is 11.7. The Labute approximate surface area is 122 Å². The van der Waals surface area contributed by atoms with Gasteiger partial charge in [0.05, 0.1) is 17.2 Å². The standard InChI is InChI=1S/C15H17N3O3/c1-15(2,3)12(14(20)21)18-13(19)11-8-16-9-6-4-5-7-10(9)17-11/h4-8,12H,1-3H3,(H,18,19)(H,20,21)/t12-/m0/s1. The van der Waals surface area contributed by atoms with E-state index in [9.17, 15) is 14.7 Å². The van der Waals surface area contributed by atoms with Crippen molar-refractivity contribution in [1.29, 1.82) is 0 Å². The molecule has 0 saturated heterocycles. The number of carboxylic acids is 1. The Hall–Kier alpha value is -2.50. The molecule has 0 unspecified atom stereocenters. The zero-order chi connectivity index (χ0) is 15.6. The maximum atomic E-state index is 12.2. The van der Waals surface area contributed by atoms with Crippen LogP contribution in [-0.4, -0.2) is 33.0 Å². The van der Waals surface area contributed by atoms with Crippen molar-refractivity contribution in [2.24, 2.45) is 5.41 Å². The molecule has 1 aromatic heterocycles. The van der Waals surface area contributed by atoms with Crippen LogP contribution in [0, 0.1) is 5.41 Å². The molecule has 0 aliphatic heterocycles. The smallest absolute Gasteiger partial charge is 0.326 e. The van der Waals surface area contributed by atoms with Crippen LogP contribution in [0.5, 0.6) is 0 Å². The van der Waals surface area contributed by atoms with Crippen LogP contribution in [0.2, 0.25) is 0 Å². The number of aliphatic carboxylic acids is 1. The van der Waals surface area contributed by atoms with Crippen molar-refractivity contribution < 1.29 is 14.7 Å². The molecule has 0 aliphatic carbocycles. The topological polar surface area (TPSA) is 92.2 Å². The average Bonchev–Trinajstić information content (AvgIpc) is 2.42. The predicted molar refractivity (Wildman–Crippen MR) is 77.9 cm³/mol. The van der Waals surface area contributed by atoms with E-state index < -0.39 is 23.3 Å². The Kier molecular flexibility index (Phi) is 3.88. The first-order chi connectivity index (χ1) is 9.79. The number of carbonyl (C=O) groups excluding carboxylic acids is 1. The number of hydrogen-bond donors (Lipinski definition) is 2. The Morgan fingerprint density at radius 3 is 2.38 bits per heavy atom. The van der Waals surface area contributed by atoms with E-state index in [1.165, 1.54) is 6.20 Å². The van der Waals surface area contributed by atoms with Gasteiger partial charge in [0.25, 0.3) is 5.91 Å². The Bertz CT molecular complexity index is 692. The van der Waals surface area contributed by atoms with Crippen LogP contribution >= 0.6 is 0 Å². The number of benzene rings is 1. The van der Waals surface area contributed by atoms with Gasteiger partial charge in [0.15, 0.2) is 0 Å². The quantitative estimate of drug-likeness (QED) is 0.899. The first-order valence-electron chi connectivity index (χ1n) is 6.54. The third-order valence-electron chi connectivity index (χ3n) is 3.07. The molecule has 6 nitrogen and oxygen atoms in total. The summed E-state index contributed by atoms with van der Waals surface area (Å²) in [5.74, 6) is -1.62. The molecule has 21 heavy (non-hydrogen) atoms. The van der Waals surface area contributed by atoms with Crippen LogP contribution in [0.3, 0.4) is 0 Å². The fourth-order valence-corrected chi connectivity index (χ4v) is 1.92. The van der Waals surface area contributed by atoms with Crippen molar-refractivity contribution in [2.45, 2.75) is 26.8 Å². The number of fused-ring (bicyclic) bond motifs is 1. The van der Waals surface area contributed by atoms with Crippen LogP contribution in [0.15, 0.2) is 30.5 Å². The van der Waals surface area contributed by atoms with E-state index in [4.69, 9.17) is 0 Å². The lowest BCUT2D eigenvalue weighted by molar-refractivity contribution is -0.142. The second-order valence-electron chi connectivity index (χ2n) is 5.85. The molecule has 0 saturated carbocycles. The van der Waals surface area contributed by atoms with Gasteiger partial charge in [0.2, 0.25) is 0 Å². The summed E-state index contributed by atoms with van der Waals surface area (Å²) in [4.78, 5) is 31.8. The van der Waals surface area contributed by atoms with Crippen LogP contribution in [0.1, 0.15) is 31.3 Å². The molecule has 2 rings (SSSR count). The van der Waals surface area contributed by atoms with E-state index in [0.717, 1.165) is 0 Å². The summed E-state index contributed by atoms with van der Waals surface area (Å²) in [6.45, 7) is 5.24. The van der Waals surface area contributed by atoms with Gasteiger partial charge in [-0.2, -0.15) is 0 Å². The number of carbonyl (C=O) groups is 2. The lowest BCUT2D eigenvalue weighted by Crippen LogP contribution is -2.49. The number of amides is 1. The summed E-state index contributed by atoms with van der Waals surface area (Å²) in [6, 6.07) is 6.17. The first-order valence-corrected chi connectivity index (χ1v) is 6.54. The largest absolute Gasteiger partial charge is 0.480 e. The molecule has 1 atom stereocenters. The molecular formula is C15H17N3O3. The van der Waals surface area contributed by atoms with Crippen LogP contribution < -0.4 is 5.32 Å². The van der Waals surface area contributed by atoms with Gasteiger partial charge in [-0.25, -0.2) is 9.78 Å². The van der Waals surface area contributed by atoms with E-state index >= 15 is 0 Å². The van der Waals surface area contributed by atoms with E-state index in [0.29, 0.717) is 11.0 Å². The zero-order valence-corrected chi connectivity index (χ0v) is 12.1. The molecule has 0 spiro atoms. The number of nitrogens with zero attached hydrogens (tertiary/aromatic N) is 2. The zero-order valence-electron chi connectivity index (χ0n) is 12.1. The molecule has 0 fully saturated rings. The van der Waals surface area contributed by atoms with Crippen LogP contribution in [0.25, 0.3) is 11.0 Å². The minimum atomic E-state index is -1.08. The minimum absolute atomic E-state index is 0.101. The molecule has 0 bridgehead atoms. The maximum Gasteiger partial charge on any atom is 0.326 e. The third kappa shape index (κ3) is 3.34. The summed E-state index contributed by atoms with van der Waals surface area (Å²) in [5.41, 5.74) is 0.767. The van der Waals surface area contributed by atoms with Crippen LogP contribution in [-0.2, 0) is 4.79 Å². The van der Waals surface area contributed by atoms with Crippen molar-refractivity contribution in [3.8, 4) is 0 Å². The second kappa shape index (κ2) is 5.47. The summed E-state index contributed by atoms with van der Waals surface area (Å²) < 4.78 is 0. The Balaban J connectivity index is 2.27. The molecule has 0 aliphatic rings. The molecule has 6 heteroatoms. The molecule has 1 heterocycles. The third-order valence-corrected chi connectivity index (χ3v) is 3.07. The average molecular weight is 287 g/mol. The fourth-order valence-electron chi connectivity index (χ4n) is 1.92. The van der Waals surface area contributed by atoms with Crippen molar-refractivity contribution in [1.82, 2.24) is 15.3 Å². The van der Waals surface area contributed by atoms with Gasteiger partial charge >= 0.3 is 5.97 Å². The maximum absolute atomic E-state index is 12.2. The number of carboxylic acid groups (broad SMARTS) is 1. The van der Waals surface area contributed by atoms with Crippen molar-refractivity contribution in [3.63, 3.8) is 0 Å². The van der Waals surface area contributed by atoms with Gasteiger partial charge in [-0.1, -0.05) is 32.9 Å². The molecule has 2 N–H and O–H groups in total. The number of nitrogens with one attached hydrogen (secondary N) is 1. The number of hydrogen-bond acceptors (Lipinski definition) is 4. The van der Waals surface area contributed by atoms with Gasteiger partial charge in [-0.15, -0.1) is 0 Å². The number of rotatable bonds is 3. The van der Waals surface area contributed by atoms with Crippen molar-refractivity contribution in [3.05, 3.63) is 36.2 Å². The van der Waals surface area contributed by atoms with E-state index in [1.54, 1.807) is 39.0 Å². The molecule has 110 valence electrons. The predicted octanol–water partition coefficient (Wildman–Crippen LogP) is 1.86. The van der Waals surface area contributed by atoms with Gasteiger partial charge < -0.3 is 10.4 Å². The normalized spacial score (nSPS) is 12.9. The Morgan fingerprint density at radius 1 is 1.19 bits per heavy atom. The van der Waals surface area contributed by atoms with Gasteiger partial charge in [0, 0.05) is 0 Å². The van der Waals surface area contributed by atoms with E-state index in [2.05, 4.69) is 15.3 Å².